The Morgan fingerprint density at radius 1 is 1.29 bits per heavy atom. The number of aryl methyl sites for hydroxylation is 1. The molecule has 1 aliphatic heterocycles. The first kappa shape index (κ1) is 16.4. The molecule has 2 aromatic rings. The van der Waals surface area contributed by atoms with Crippen molar-refractivity contribution in [1.82, 2.24) is 19.8 Å². The first-order chi connectivity index (χ1) is 11.5. The first-order valence-corrected chi connectivity index (χ1v) is 8.00. The fourth-order valence-electron chi connectivity index (χ4n) is 2.80. The third-order valence-corrected chi connectivity index (χ3v) is 3.91. The van der Waals surface area contributed by atoms with Crippen molar-refractivity contribution in [3.63, 3.8) is 0 Å². The summed E-state index contributed by atoms with van der Waals surface area (Å²) in [6.07, 6.45) is 3.06. The van der Waals surface area contributed by atoms with Crippen molar-refractivity contribution in [1.29, 1.82) is 0 Å². The van der Waals surface area contributed by atoms with Crippen molar-refractivity contribution in [3.05, 3.63) is 53.6 Å². The van der Waals surface area contributed by atoms with Gasteiger partial charge in [-0.05, 0) is 27.1 Å². The van der Waals surface area contributed by atoms with Gasteiger partial charge < -0.3 is 14.5 Å². The van der Waals surface area contributed by atoms with Crippen LogP contribution in [-0.4, -0.2) is 59.0 Å². The van der Waals surface area contributed by atoms with E-state index in [-0.39, 0.29) is 12.0 Å². The number of fused-ring (bicyclic) bond motifs is 1. The lowest BCUT2D eigenvalue weighted by Gasteiger charge is -2.25. The predicted molar refractivity (Wildman–Crippen MR) is 90.9 cm³/mol. The van der Waals surface area contributed by atoms with Gasteiger partial charge >= 0.3 is 0 Å². The molecule has 0 radical (unpaired) electrons. The molecule has 0 spiro atoms. The quantitative estimate of drug-likeness (QED) is 0.860. The summed E-state index contributed by atoms with van der Waals surface area (Å²) in [5, 5.41) is 0. The molecule has 0 bridgehead atoms. The number of aromatic nitrogens is 2. The van der Waals surface area contributed by atoms with Crippen LogP contribution in [0, 0.1) is 6.92 Å². The maximum atomic E-state index is 12.9. The fourth-order valence-corrected chi connectivity index (χ4v) is 2.80. The van der Waals surface area contributed by atoms with Crippen LogP contribution in [0.2, 0.25) is 0 Å². The van der Waals surface area contributed by atoms with Gasteiger partial charge in [-0.15, -0.1) is 0 Å². The SMILES string of the molecule is Cc1cnc(C(=O)N2Cc3ccccc3O[C@@H](CN(C)C)C2)cn1. The van der Waals surface area contributed by atoms with Crippen LogP contribution in [0.25, 0.3) is 0 Å². The molecule has 0 fully saturated rings. The van der Waals surface area contributed by atoms with E-state index in [0.717, 1.165) is 23.6 Å². The van der Waals surface area contributed by atoms with Crippen molar-refractivity contribution in [2.45, 2.75) is 19.6 Å². The van der Waals surface area contributed by atoms with E-state index in [4.69, 9.17) is 4.74 Å². The molecule has 0 aliphatic carbocycles. The molecule has 1 aliphatic rings. The van der Waals surface area contributed by atoms with Gasteiger partial charge in [0.05, 0.1) is 18.4 Å². The van der Waals surface area contributed by atoms with Crippen molar-refractivity contribution >= 4 is 5.91 Å². The Balaban J connectivity index is 1.88. The lowest BCUT2D eigenvalue weighted by Crippen LogP contribution is -2.42. The summed E-state index contributed by atoms with van der Waals surface area (Å²) >= 11 is 0. The van der Waals surface area contributed by atoms with E-state index < -0.39 is 0 Å². The summed E-state index contributed by atoms with van der Waals surface area (Å²) in [7, 11) is 4.00. The molecular weight excluding hydrogens is 304 g/mol. The third-order valence-electron chi connectivity index (χ3n) is 3.91. The lowest BCUT2D eigenvalue weighted by molar-refractivity contribution is 0.0643. The summed E-state index contributed by atoms with van der Waals surface area (Å²) in [5.41, 5.74) is 2.16. The molecule has 0 N–H and O–H groups in total. The molecule has 6 nitrogen and oxygen atoms in total. The summed E-state index contributed by atoms with van der Waals surface area (Å²) < 4.78 is 6.13. The van der Waals surface area contributed by atoms with E-state index in [0.29, 0.717) is 18.8 Å². The number of benzene rings is 1. The highest BCUT2D eigenvalue weighted by Gasteiger charge is 2.27. The van der Waals surface area contributed by atoms with Gasteiger partial charge in [0.1, 0.15) is 17.5 Å². The number of amides is 1. The van der Waals surface area contributed by atoms with Crippen LogP contribution in [0.3, 0.4) is 0 Å². The van der Waals surface area contributed by atoms with Gasteiger partial charge in [0.2, 0.25) is 0 Å². The van der Waals surface area contributed by atoms with Crippen LogP contribution in [0.1, 0.15) is 21.7 Å². The van der Waals surface area contributed by atoms with Gasteiger partial charge in [-0.1, -0.05) is 18.2 Å². The molecule has 2 heterocycles. The monoisotopic (exact) mass is 326 g/mol. The summed E-state index contributed by atoms with van der Waals surface area (Å²) in [5.74, 6) is 0.723. The Hall–Kier alpha value is -2.47. The molecule has 126 valence electrons. The minimum Gasteiger partial charge on any atom is -0.487 e. The minimum absolute atomic E-state index is 0.0917. The Labute approximate surface area is 142 Å². The number of hydrogen-bond donors (Lipinski definition) is 0. The number of carbonyl (C=O) groups is 1. The number of ether oxygens (including phenoxy) is 1. The van der Waals surface area contributed by atoms with Crippen molar-refractivity contribution in [2.75, 3.05) is 27.2 Å². The van der Waals surface area contributed by atoms with E-state index in [1.807, 2.05) is 45.3 Å². The van der Waals surface area contributed by atoms with E-state index in [1.165, 1.54) is 6.20 Å². The molecule has 6 heteroatoms. The van der Waals surface area contributed by atoms with Crippen LogP contribution in [0.4, 0.5) is 0 Å². The third kappa shape index (κ3) is 3.71. The van der Waals surface area contributed by atoms with Crippen molar-refractivity contribution < 1.29 is 9.53 Å². The summed E-state index contributed by atoms with van der Waals surface area (Å²) in [6.45, 7) is 3.61. The molecule has 24 heavy (non-hydrogen) atoms. The first-order valence-electron chi connectivity index (χ1n) is 8.00. The normalized spacial score (nSPS) is 17.2. The lowest BCUT2D eigenvalue weighted by atomic mass is 10.2. The van der Waals surface area contributed by atoms with Gasteiger partial charge in [-0.25, -0.2) is 4.98 Å². The van der Waals surface area contributed by atoms with Crippen LogP contribution in [-0.2, 0) is 6.54 Å². The zero-order valence-corrected chi connectivity index (χ0v) is 14.3. The van der Waals surface area contributed by atoms with E-state index in [9.17, 15) is 4.79 Å². The number of hydrogen-bond acceptors (Lipinski definition) is 5. The molecule has 0 unspecified atom stereocenters. The molecular formula is C18H22N4O2. The summed E-state index contributed by atoms with van der Waals surface area (Å²) in [6, 6.07) is 7.86. The molecule has 1 aromatic carbocycles. The smallest absolute Gasteiger partial charge is 0.274 e. The largest absolute Gasteiger partial charge is 0.487 e. The van der Waals surface area contributed by atoms with Gasteiger partial charge in [0.25, 0.3) is 5.91 Å². The average molecular weight is 326 g/mol. The number of likely N-dealkylation sites (N-methyl/N-ethyl adjacent to an activating group) is 1. The molecule has 1 aromatic heterocycles. The molecule has 0 saturated carbocycles. The number of rotatable bonds is 3. The highest BCUT2D eigenvalue weighted by Crippen LogP contribution is 2.25. The van der Waals surface area contributed by atoms with Crippen molar-refractivity contribution in [3.8, 4) is 5.75 Å². The van der Waals surface area contributed by atoms with Gasteiger partial charge in [0, 0.05) is 24.8 Å². The van der Waals surface area contributed by atoms with E-state index in [2.05, 4.69) is 14.9 Å². The second kappa shape index (κ2) is 6.97. The number of nitrogens with zero attached hydrogens (tertiary/aromatic N) is 4. The number of para-hydroxylation sites is 1. The van der Waals surface area contributed by atoms with Crippen LogP contribution in [0.5, 0.6) is 5.75 Å². The molecule has 1 atom stereocenters. The highest BCUT2D eigenvalue weighted by atomic mass is 16.5. The Kier molecular flexibility index (Phi) is 4.76. The minimum atomic E-state index is -0.119. The summed E-state index contributed by atoms with van der Waals surface area (Å²) in [4.78, 5) is 25.1. The van der Waals surface area contributed by atoms with Gasteiger partial charge in [-0.2, -0.15) is 0 Å². The maximum Gasteiger partial charge on any atom is 0.274 e. The second-order valence-corrected chi connectivity index (χ2v) is 6.34. The molecule has 0 saturated heterocycles. The van der Waals surface area contributed by atoms with E-state index in [1.54, 1.807) is 11.1 Å². The average Bonchev–Trinajstić information content (AvgIpc) is 2.73. The second-order valence-electron chi connectivity index (χ2n) is 6.34. The van der Waals surface area contributed by atoms with Crippen LogP contribution < -0.4 is 4.74 Å². The maximum absolute atomic E-state index is 12.9. The standard InChI is InChI=1S/C18H22N4O2/c1-13-8-20-16(9-19-13)18(23)22-10-14-6-4-5-7-17(14)24-15(12-22)11-21(2)3/h4-9,15H,10-12H2,1-3H3/t15-/m0/s1. The van der Waals surface area contributed by atoms with Crippen molar-refractivity contribution in [2.24, 2.45) is 0 Å². The highest BCUT2D eigenvalue weighted by molar-refractivity contribution is 5.92. The van der Waals surface area contributed by atoms with E-state index >= 15 is 0 Å². The van der Waals surface area contributed by atoms with Gasteiger partial charge in [-0.3, -0.25) is 9.78 Å². The topological polar surface area (TPSA) is 58.6 Å². The Morgan fingerprint density at radius 2 is 2.08 bits per heavy atom. The molecule has 3 rings (SSSR count). The van der Waals surface area contributed by atoms with Crippen LogP contribution >= 0.6 is 0 Å². The Bertz CT molecular complexity index is 715. The Morgan fingerprint density at radius 3 is 2.79 bits per heavy atom. The predicted octanol–water partition coefficient (Wildman–Crippen LogP) is 1.75. The van der Waals surface area contributed by atoms with Crippen LogP contribution in [0.15, 0.2) is 36.7 Å². The number of carbonyl (C=O) groups excluding carboxylic acids is 1. The van der Waals surface area contributed by atoms with Gasteiger partial charge in [0.15, 0.2) is 0 Å². The zero-order chi connectivity index (χ0) is 17.1. The zero-order valence-electron chi connectivity index (χ0n) is 14.3. The molecule has 1 amide bonds. The fraction of sp³-hybridized carbons (Fsp3) is 0.389.